The molecular weight excluding hydrogens is 200 g/mol. The average Bonchev–Trinajstić information content (AvgIpc) is 2.80. The van der Waals surface area contributed by atoms with Crippen molar-refractivity contribution in [2.24, 2.45) is 11.8 Å². The third-order valence-corrected chi connectivity index (χ3v) is 4.85. The van der Waals surface area contributed by atoms with Crippen LogP contribution in [0.2, 0.25) is 0 Å². The molecule has 2 saturated carbocycles. The molecule has 3 rings (SSSR count). The molecule has 0 radical (unpaired) electrons. The van der Waals surface area contributed by atoms with Crippen molar-refractivity contribution in [3.8, 4) is 0 Å². The van der Waals surface area contributed by atoms with Crippen LogP contribution in [-0.4, -0.2) is 19.0 Å². The Balaban J connectivity index is 1.74. The standard InChI is InChI=1S/C14H24O2/c1-2-6-12(7-3-1)13-8-4-5-9-14(13)15-10-11-16-14/h12-13H,1-11H2. The topological polar surface area (TPSA) is 18.5 Å². The summed E-state index contributed by atoms with van der Waals surface area (Å²) in [6, 6.07) is 0. The molecule has 2 heteroatoms. The first-order valence-electron chi connectivity index (χ1n) is 7.19. The van der Waals surface area contributed by atoms with Gasteiger partial charge in [-0.25, -0.2) is 0 Å². The van der Waals surface area contributed by atoms with Crippen molar-refractivity contribution in [3.63, 3.8) is 0 Å². The molecule has 1 atom stereocenters. The Labute approximate surface area is 98.7 Å². The van der Waals surface area contributed by atoms with Gasteiger partial charge in [0.15, 0.2) is 5.79 Å². The Morgan fingerprint density at radius 1 is 0.750 bits per heavy atom. The van der Waals surface area contributed by atoms with Crippen LogP contribution in [0.4, 0.5) is 0 Å². The zero-order valence-corrected chi connectivity index (χ0v) is 10.2. The highest BCUT2D eigenvalue weighted by atomic mass is 16.7. The fraction of sp³-hybridized carbons (Fsp3) is 1.00. The van der Waals surface area contributed by atoms with E-state index in [2.05, 4.69) is 0 Å². The lowest BCUT2D eigenvalue weighted by molar-refractivity contribution is -0.226. The molecule has 2 aliphatic carbocycles. The van der Waals surface area contributed by atoms with Gasteiger partial charge in [0.05, 0.1) is 13.2 Å². The Bertz CT molecular complexity index is 227. The van der Waals surface area contributed by atoms with Gasteiger partial charge in [0.25, 0.3) is 0 Å². The second-order valence-electron chi connectivity index (χ2n) is 5.76. The van der Waals surface area contributed by atoms with Gasteiger partial charge in [-0.3, -0.25) is 0 Å². The van der Waals surface area contributed by atoms with Crippen LogP contribution in [0.25, 0.3) is 0 Å². The highest BCUT2D eigenvalue weighted by molar-refractivity contribution is 4.91. The molecule has 0 bridgehead atoms. The van der Waals surface area contributed by atoms with Crippen molar-refractivity contribution >= 4 is 0 Å². The van der Waals surface area contributed by atoms with Crippen LogP contribution in [0.1, 0.15) is 57.8 Å². The number of hydrogen-bond acceptors (Lipinski definition) is 2. The molecule has 2 nitrogen and oxygen atoms in total. The Morgan fingerprint density at radius 2 is 1.44 bits per heavy atom. The van der Waals surface area contributed by atoms with Gasteiger partial charge in [-0.15, -0.1) is 0 Å². The maximum absolute atomic E-state index is 6.03. The van der Waals surface area contributed by atoms with Gasteiger partial charge < -0.3 is 9.47 Å². The summed E-state index contributed by atoms with van der Waals surface area (Å²) in [5.74, 6) is 1.43. The van der Waals surface area contributed by atoms with Crippen LogP contribution < -0.4 is 0 Å². The van der Waals surface area contributed by atoms with Gasteiger partial charge in [-0.2, -0.15) is 0 Å². The molecular formula is C14H24O2. The number of ether oxygens (including phenoxy) is 2. The average molecular weight is 224 g/mol. The number of rotatable bonds is 1. The van der Waals surface area contributed by atoms with Crippen molar-refractivity contribution in [1.29, 1.82) is 0 Å². The second-order valence-corrected chi connectivity index (χ2v) is 5.76. The third-order valence-electron chi connectivity index (χ3n) is 4.85. The van der Waals surface area contributed by atoms with E-state index in [1.165, 1.54) is 51.4 Å². The molecule has 0 N–H and O–H groups in total. The van der Waals surface area contributed by atoms with E-state index in [-0.39, 0.29) is 5.79 Å². The van der Waals surface area contributed by atoms with Crippen LogP contribution in [0.3, 0.4) is 0 Å². The molecule has 1 aliphatic heterocycles. The van der Waals surface area contributed by atoms with E-state index in [0.717, 1.165) is 25.6 Å². The smallest absolute Gasteiger partial charge is 0.171 e. The monoisotopic (exact) mass is 224 g/mol. The minimum Gasteiger partial charge on any atom is -0.347 e. The maximum atomic E-state index is 6.03. The molecule has 1 heterocycles. The van der Waals surface area contributed by atoms with Crippen molar-refractivity contribution in [1.82, 2.24) is 0 Å². The summed E-state index contributed by atoms with van der Waals surface area (Å²) >= 11 is 0. The van der Waals surface area contributed by atoms with Crippen LogP contribution in [-0.2, 0) is 9.47 Å². The Hall–Kier alpha value is -0.0800. The van der Waals surface area contributed by atoms with E-state index in [1.54, 1.807) is 0 Å². The molecule has 3 fully saturated rings. The van der Waals surface area contributed by atoms with E-state index in [9.17, 15) is 0 Å². The summed E-state index contributed by atoms with van der Waals surface area (Å²) in [6.07, 6.45) is 12.3. The van der Waals surface area contributed by atoms with Crippen LogP contribution in [0, 0.1) is 11.8 Å². The molecule has 0 aromatic carbocycles. The fourth-order valence-electron chi connectivity index (χ4n) is 4.10. The normalized spacial score (nSPS) is 35.6. The fourth-order valence-corrected chi connectivity index (χ4v) is 4.10. The summed E-state index contributed by atoms with van der Waals surface area (Å²) in [7, 11) is 0. The van der Waals surface area contributed by atoms with Gasteiger partial charge in [-0.1, -0.05) is 25.7 Å². The van der Waals surface area contributed by atoms with Crippen molar-refractivity contribution < 1.29 is 9.47 Å². The van der Waals surface area contributed by atoms with Gasteiger partial charge in [0, 0.05) is 12.3 Å². The predicted molar refractivity (Wildman–Crippen MR) is 63.2 cm³/mol. The molecule has 16 heavy (non-hydrogen) atoms. The largest absolute Gasteiger partial charge is 0.347 e. The number of hydrogen-bond donors (Lipinski definition) is 0. The second kappa shape index (κ2) is 4.66. The summed E-state index contributed by atoms with van der Waals surface area (Å²) in [4.78, 5) is 0. The van der Waals surface area contributed by atoms with Gasteiger partial charge in [0.1, 0.15) is 0 Å². The van der Waals surface area contributed by atoms with E-state index < -0.39 is 0 Å². The third kappa shape index (κ3) is 1.91. The van der Waals surface area contributed by atoms with E-state index in [4.69, 9.17) is 9.47 Å². The van der Waals surface area contributed by atoms with Crippen LogP contribution in [0.15, 0.2) is 0 Å². The molecule has 1 unspecified atom stereocenters. The maximum Gasteiger partial charge on any atom is 0.171 e. The SMILES string of the molecule is C1CCC(C2CCCCC23OCCO3)CC1. The molecule has 1 saturated heterocycles. The minimum absolute atomic E-state index is 0.153. The summed E-state index contributed by atoms with van der Waals surface area (Å²) in [5, 5.41) is 0. The van der Waals surface area contributed by atoms with E-state index in [1.807, 2.05) is 0 Å². The molecule has 92 valence electrons. The Kier molecular flexibility index (Phi) is 3.21. The molecule has 1 spiro atoms. The molecule has 0 aromatic rings. The summed E-state index contributed by atoms with van der Waals surface area (Å²) in [6.45, 7) is 1.65. The van der Waals surface area contributed by atoms with Crippen LogP contribution in [0.5, 0.6) is 0 Å². The highest BCUT2D eigenvalue weighted by Gasteiger charge is 2.48. The zero-order valence-electron chi connectivity index (χ0n) is 10.2. The first kappa shape index (κ1) is 11.0. The quantitative estimate of drug-likeness (QED) is 0.678. The lowest BCUT2D eigenvalue weighted by atomic mass is 9.70. The molecule has 3 aliphatic rings. The Morgan fingerprint density at radius 3 is 2.19 bits per heavy atom. The molecule has 0 aromatic heterocycles. The lowest BCUT2D eigenvalue weighted by Gasteiger charge is -2.44. The van der Waals surface area contributed by atoms with Crippen molar-refractivity contribution in [2.75, 3.05) is 13.2 Å². The zero-order chi connectivity index (χ0) is 10.8. The van der Waals surface area contributed by atoms with E-state index >= 15 is 0 Å². The first-order chi connectivity index (χ1) is 7.91. The van der Waals surface area contributed by atoms with Crippen LogP contribution >= 0.6 is 0 Å². The summed E-state index contributed by atoms with van der Waals surface area (Å²) < 4.78 is 12.1. The van der Waals surface area contributed by atoms with Crippen molar-refractivity contribution in [2.45, 2.75) is 63.6 Å². The first-order valence-corrected chi connectivity index (χ1v) is 7.19. The lowest BCUT2D eigenvalue weighted by Crippen LogP contribution is -2.45. The van der Waals surface area contributed by atoms with Gasteiger partial charge in [-0.05, 0) is 31.6 Å². The molecule has 0 amide bonds. The summed E-state index contributed by atoms with van der Waals surface area (Å²) in [5.41, 5.74) is 0. The van der Waals surface area contributed by atoms with E-state index in [0.29, 0.717) is 5.92 Å². The highest BCUT2D eigenvalue weighted by Crippen LogP contribution is 2.47. The van der Waals surface area contributed by atoms with Gasteiger partial charge in [0.2, 0.25) is 0 Å². The minimum atomic E-state index is -0.153. The predicted octanol–water partition coefficient (Wildman–Crippen LogP) is 3.50. The van der Waals surface area contributed by atoms with Crippen molar-refractivity contribution in [3.05, 3.63) is 0 Å². The van der Waals surface area contributed by atoms with Gasteiger partial charge >= 0.3 is 0 Å².